The summed E-state index contributed by atoms with van der Waals surface area (Å²) < 4.78 is 0. The van der Waals surface area contributed by atoms with Crippen LogP contribution in [0.5, 0.6) is 0 Å². The van der Waals surface area contributed by atoms with E-state index < -0.39 is 0 Å². The minimum Gasteiger partial charge on any atom is -0.314 e. The molecule has 2 rings (SSSR count). The van der Waals surface area contributed by atoms with Crippen molar-refractivity contribution in [2.45, 2.75) is 33.1 Å². The Balaban J connectivity index is 1.81. The molecule has 1 saturated heterocycles. The first kappa shape index (κ1) is 10.4. The van der Waals surface area contributed by atoms with Crippen molar-refractivity contribution in [3.05, 3.63) is 0 Å². The first-order valence-corrected chi connectivity index (χ1v) is 6.11. The van der Waals surface area contributed by atoms with Crippen LogP contribution in [0.3, 0.4) is 0 Å². The van der Waals surface area contributed by atoms with Crippen LogP contribution in [0.15, 0.2) is 0 Å². The van der Waals surface area contributed by atoms with Gasteiger partial charge in [0.1, 0.15) is 0 Å². The highest BCUT2D eigenvalue weighted by molar-refractivity contribution is 4.87. The molecule has 1 aliphatic carbocycles. The molecular formula is C12H24N2. The van der Waals surface area contributed by atoms with Gasteiger partial charge in [-0.05, 0) is 24.2 Å². The monoisotopic (exact) mass is 196 g/mol. The Kier molecular flexibility index (Phi) is 3.13. The predicted molar refractivity (Wildman–Crippen MR) is 60.4 cm³/mol. The zero-order valence-corrected chi connectivity index (χ0v) is 9.68. The third-order valence-corrected chi connectivity index (χ3v) is 4.05. The summed E-state index contributed by atoms with van der Waals surface area (Å²) in [5.74, 6) is 0.998. The average Bonchev–Trinajstić information content (AvgIpc) is 2.00. The van der Waals surface area contributed by atoms with Gasteiger partial charge < -0.3 is 10.2 Å². The summed E-state index contributed by atoms with van der Waals surface area (Å²) in [7, 11) is 0. The van der Waals surface area contributed by atoms with Gasteiger partial charge in [-0.3, -0.25) is 0 Å². The van der Waals surface area contributed by atoms with Crippen molar-refractivity contribution in [3.63, 3.8) is 0 Å². The lowest BCUT2D eigenvalue weighted by Crippen LogP contribution is -2.49. The summed E-state index contributed by atoms with van der Waals surface area (Å²) >= 11 is 0. The van der Waals surface area contributed by atoms with E-state index in [4.69, 9.17) is 0 Å². The Labute approximate surface area is 88.1 Å². The summed E-state index contributed by atoms with van der Waals surface area (Å²) in [6.07, 6.45) is 4.41. The van der Waals surface area contributed by atoms with Crippen LogP contribution in [0, 0.1) is 11.3 Å². The quantitative estimate of drug-likeness (QED) is 0.739. The maximum Gasteiger partial charge on any atom is 0.0108 e. The van der Waals surface area contributed by atoms with Crippen LogP contribution < -0.4 is 5.32 Å². The number of hydrogen-bond donors (Lipinski definition) is 1. The molecule has 0 spiro atoms. The number of nitrogens with zero attached hydrogens (tertiary/aromatic N) is 1. The van der Waals surface area contributed by atoms with Gasteiger partial charge in [0.05, 0.1) is 0 Å². The van der Waals surface area contributed by atoms with Gasteiger partial charge in [-0.2, -0.15) is 0 Å². The molecule has 0 unspecified atom stereocenters. The molecule has 2 aliphatic rings. The summed E-state index contributed by atoms with van der Waals surface area (Å²) in [6.45, 7) is 11.1. The first-order valence-electron chi connectivity index (χ1n) is 6.11. The maximum absolute atomic E-state index is 3.42. The minimum absolute atomic E-state index is 0.551. The first-order chi connectivity index (χ1) is 6.68. The predicted octanol–water partition coefficient (Wildman–Crippen LogP) is 1.72. The van der Waals surface area contributed by atoms with Gasteiger partial charge in [-0.15, -0.1) is 0 Å². The molecule has 1 saturated carbocycles. The van der Waals surface area contributed by atoms with Crippen LogP contribution in [0.1, 0.15) is 33.1 Å². The molecule has 1 aliphatic heterocycles. The molecule has 0 atom stereocenters. The maximum atomic E-state index is 3.42. The van der Waals surface area contributed by atoms with E-state index in [1.807, 2.05) is 0 Å². The third kappa shape index (κ3) is 2.29. The van der Waals surface area contributed by atoms with Gasteiger partial charge in [-0.1, -0.05) is 20.3 Å². The fourth-order valence-electron chi connectivity index (χ4n) is 2.76. The minimum atomic E-state index is 0.551. The highest BCUT2D eigenvalue weighted by atomic mass is 15.2. The molecule has 0 amide bonds. The van der Waals surface area contributed by atoms with Crippen LogP contribution in [0.4, 0.5) is 0 Å². The van der Waals surface area contributed by atoms with Gasteiger partial charge in [0.15, 0.2) is 0 Å². The molecular weight excluding hydrogens is 172 g/mol. The van der Waals surface area contributed by atoms with Crippen LogP contribution in [-0.4, -0.2) is 37.6 Å². The highest BCUT2D eigenvalue weighted by Crippen LogP contribution is 2.42. The Morgan fingerprint density at radius 3 is 2.36 bits per heavy atom. The van der Waals surface area contributed by atoms with Crippen molar-refractivity contribution >= 4 is 0 Å². The lowest BCUT2D eigenvalue weighted by Gasteiger charge is -2.44. The van der Waals surface area contributed by atoms with Gasteiger partial charge in [0.25, 0.3) is 0 Å². The number of rotatable bonds is 3. The number of piperazine rings is 1. The molecule has 0 bridgehead atoms. The van der Waals surface area contributed by atoms with Crippen molar-refractivity contribution < 1.29 is 0 Å². The molecule has 2 fully saturated rings. The zero-order valence-electron chi connectivity index (χ0n) is 9.68. The highest BCUT2D eigenvalue weighted by Gasteiger charge is 2.35. The molecule has 82 valence electrons. The Bertz CT molecular complexity index is 179. The average molecular weight is 196 g/mol. The molecule has 0 aromatic carbocycles. The molecule has 1 heterocycles. The SMILES string of the molecule is CC(C)(CN1CCNCC1)C1CCC1. The fraction of sp³-hybridized carbons (Fsp3) is 1.00. The second-order valence-electron chi connectivity index (χ2n) is 5.64. The van der Waals surface area contributed by atoms with E-state index in [0.717, 1.165) is 5.92 Å². The molecule has 0 aromatic rings. The van der Waals surface area contributed by atoms with Gasteiger partial charge in [-0.25, -0.2) is 0 Å². The van der Waals surface area contributed by atoms with E-state index in [1.165, 1.54) is 52.0 Å². The zero-order chi connectivity index (χ0) is 10.0. The fourth-order valence-corrected chi connectivity index (χ4v) is 2.76. The van der Waals surface area contributed by atoms with Gasteiger partial charge in [0, 0.05) is 32.7 Å². The lowest BCUT2D eigenvalue weighted by molar-refractivity contribution is 0.0637. The summed E-state index contributed by atoms with van der Waals surface area (Å²) in [4.78, 5) is 2.63. The normalized spacial score (nSPS) is 26.1. The van der Waals surface area contributed by atoms with Gasteiger partial charge >= 0.3 is 0 Å². The standard InChI is InChI=1S/C12H24N2/c1-12(2,11-4-3-5-11)10-14-8-6-13-7-9-14/h11,13H,3-10H2,1-2H3. The topological polar surface area (TPSA) is 15.3 Å². The molecule has 2 nitrogen and oxygen atoms in total. The number of nitrogens with one attached hydrogen (secondary N) is 1. The van der Waals surface area contributed by atoms with Crippen LogP contribution in [0.25, 0.3) is 0 Å². The third-order valence-electron chi connectivity index (χ3n) is 4.05. The van der Waals surface area contributed by atoms with Crippen molar-refractivity contribution in [1.82, 2.24) is 10.2 Å². The summed E-state index contributed by atoms with van der Waals surface area (Å²) in [5.41, 5.74) is 0.551. The molecule has 0 aromatic heterocycles. The molecule has 1 N–H and O–H groups in total. The Morgan fingerprint density at radius 1 is 1.21 bits per heavy atom. The van der Waals surface area contributed by atoms with Crippen LogP contribution in [-0.2, 0) is 0 Å². The van der Waals surface area contributed by atoms with E-state index in [9.17, 15) is 0 Å². The largest absolute Gasteiger partial charge is 0.314 e. The van der Waals surface area contributed by atoms with E-state index in [0.29, 0.717) is 5.41 Å². The van der Waals surface area contributed by atoms with Gasteiger partial charge in [0.2, 0.25) is 0 Å². The van der Waals surface area contributed by atoms with Crippen molar-refractivity contribution in [2.24, 2.45) is 11.3 Å². The Hall–Kier alpha value is -0.0800. The molecule has 2 heteroatoms. The lowest BCUT2D eigenvalue weighted by atomic mass is 9.67. The molecule has 14 heavy (non-hydrogen) atoms. The van der Waals surface area contributed by atoms with E-state index >= 15 is 0 Å². The van der Waals surface area contributed by atoms with Crippen molar-refractivity contribution in [3.8, 4) is 0 Å². The van der Waals surface area contributed by atoms with Crippen molar-refractivity contribution in [1.29, 1.82) is 0 Å². The van der Waals surface area contributed by atoms with E-state index in [1.54, 1.807) is 0 Å². The smallest absolute Gasteiger partial charge is 0.0108 e. The van der Waals surface area contributed by atoms with E-state index in [2.05, 4.69) is 24.1 Å². The van der Waals surface area contributed by atoms with E-state index in [-0.39, 0.29) is 0 Å². The molecule has 0 radical (unpaired) electrons. The van der Waals surface area contributed by atoms with Crippen LogP contribution in [0.2, 0.25) is 0 Å². The van der Waals surface area contributed by atoms with Crippen LogP contribution >= 0.6 is 0 Å². The second kappa shape index (κ2) is 4.19. The van der Waals surface area contributed by atoms with Crippen molar-refractivity contribution in [2.75, 3.05) is 32.7 Å². The summed E-state index contributed by atoms with van der Waals surface area (Å²) in [6, 6.07) is 0. The number of hydrogen-bond acceptors (Lipinski definition) is 2. The second-order valence-corrected chi connectivity index (χ2v) is 5.64. The Morgan fingerprint density at radius 2 is 1.86 bits per heavy atom. The summed E-state index contributed by atoms with van der Waals surface area (Å²) in [5, 5.41) is 3.42.